The van der Waals surface area contributed by atoms with Gasteiger partial charge in [0.1, 0.15) is 6.10 Å². The van der Waals surface area contributed by atoms with Crippen LogP contribution in [-0.2, 0) is 14.3 Å². The molecule has 0 unspecified atom stereocenters. The fourth-order valence-corrected chi connectivity index (χ4v) is 4.29. The number of anilines is 1. The molecule has 0 aromatic heterocycles. The Hall–Kier alpha value is -2.56. The Bertz CT molecular complexity index is 821. The molecule has 1 aromatic carbocycles. The second-order valence-electron chi connectivity index (χ2n) is 8.34. The number of nitrogens with one attached hydrogen (secondary N) is 2. The van der Waals surface area contributed by atoms with Gasteiger partial charge in [-0.1, -0.05) is 6.92 Å². The van der Waals surface area contributed by atoms with E-state index in [1.54, 1.807) is 23.1 Å². The molecule has 0 saturated carbocycles. The molecule has 1 aromatic rings. The molecule has 4 atom stereocenters. The van der Waals surface area contributed by atoms with Crippen molar-refractivity contribution in [3.05, 3.63) is 18.2 Å². The van der Waals surface area contributed by atoms with Crippen molar-refractivity contribution >= 4 is 17.6 Å². The number of aliphatic hydroxyl groups is 1. The van der Waals surface area contributed by atoms with E-state index in [1.807, 2.05) is 6.92 Å². The lowest BCUT2D eigenvalue weighted by Gasteiger charge is -2.44. The molecule has 2 fully saturated rings. The number of ether oxygens (including phenoxy) is 4. The van der Waals surface area contributed by atoms with E-state index in [4.69, 9.17) is 18.9 Å². The van der Waals surface area contributed by atoms with Gasteiger partial charge in [0.25, 0.3) is 0 Å². The first-order chi connectivity index (χ1) is 15.5. The summed E-state index contributed by atoms with van der Waals surface area (Å²) in [6, 6.07) is 4.60. The molecule has 32 heavy (non-hydrogen) atoms. The van der Waals surface area contributed by atoms with E-state index in [9.17, 15) is 14.7 Å². The van der Waals surface area contributed by atoms with Gasteiger partial charge in [-0.3, -0.25) is 4.79 Å². The first-order valence-corrected chi connectivity index (χ1v) is 11.2. The van der Waals surface area contributed by atoms with Gasteiger partial charge in [0, 0.05) is 18.3 Å². The van der Waals surface area contributed by atoms with Crippen molar-refractivity contribution in [1.29, 1.82) is 0 Å². The van der Waals surface area contributed by atoms with Crippen molar-refractivity contribution in [2.24, 2.45) is 0 Å². The number of nitrogens with zero attached hydrogens (tertiary/aromatic N) is 1. The maximum absolute atomic E-state index is 13.2. The van der Waals surface area contributed by atoms with Crippen molar-refractivity contribution in [3.63, 3.8) is 0 Å². The minimum Gasteiger partial charge on any atom is -0.454 e. The summed E-state index contributed by atoms with van der Waals surface area (Å²) in [6.45, 7) is 3.30. The Kier molecular flexibility index (Phi) is 7.33. The van der Waals surface area contributed by atoms with Crippen LogP contribution in [0.1, 0.15) is 32.6 Å². The Labute approximate surface area is 187 Å². The number of carbonyl (C=O) groups excluding carboxylic acids is 2. The Morgan fingerprint density at radius 2 is 2.03 bits per heavy atom. The number of hydrogen-bond acceptors (Lipinski definition) is 7. The van der Waals surface area contributed by atoms with E-state index in [1.165, 1.54) is 0 Å². The molecule has 3 heterocycles. The monoisotopic (exact) mass is 449 g/mol. The van der Waals surface area contributed by atoms with E-state index in [0.29, 0.717) is 36.6 Å². The summed E-state index contributed by atoms with van der Waals surface area (Å²) < 4.78 is 22.5. The van der Waals surface area contributed by atoms with Crippen LogP contribution in [0.2, 0.25) is 0 Å². The third kappa shape index (κ3) is 5.43. The first-order valence-electron chi connectivity index (χ1n) is 11.2. The Morgan fingerprint density at radius 1 is 1.19 bits per heavy atom. The van der Waals surface area contributed by atoms with Crippen molar-refractivity contribution in [2.45, 2.75) is 57.0 Å². The highest BCUT2D eigenvalue weighted by Gasteiger charge is 2.40. The average molecular weight is 450 g/mol. The smallest absolute Gasteiger partial charge is 0.322 e. The summed E-state index contributed by atoms with van der Waals surface area (Å²) in [5.41, 5.74) is 0.575. The summed E-state index contributed by atoms with van der Waals surface area (Å²) in [5.74, 6) is 1.18. The maximum Gasteiger partial charge on any atom is 0.322 e. The van der Waals surface area contributed by atoms with Gasteiger partial charge < -0.3 is 39.6 Å². The topological polar surface area (TPSA) is 119 Å². The summed E-state index contributed by atoms with van der Waals surface area (Å²) in [7, 11) is 0. The third-order valence-corrected chi connectivity index (χ3v) is 5.85. The SMILES string of the molecule is CCCNC(=O)C[C@@H]1CC[C@@H]2[C@H](COC[C@H](O)CN2C(=O)Nc2ccc3c(c2)OCO3)O1. The van der Waals surface area contributed by atoms with Crippen LogP contribution in [0, 0.1) is 0 Å². The molecular formula is C22H31N3O7. The van der Waals surface area contributed by atoms with E-state index in [2.05, 4.69) is 10.6 Å². The molecule has 3 N–H and O–H groups in total. The van der Waals surface area contributed by atoms with E-state index in [-0.39, 0.29) is 63.2 Å². The number of aliphatic hydroxyl groups excluding tert-OH is 1. The van der Waals surface area contributed by atoms with Gasteiger partial charge in [-0.2, -0.15) is 0 Å². The van der Waals surface area contributed by atoms with Crippen LogP contribution < -0.4 is 20.1 Å². The summed E-state index contributed by atoms with van der Waals surface area (Å²) in [6.07, 6.45) is 1.07. The largest absolute Gasteiger partial charge is 0.454 e. The first kappa shape index (κ1) is 22.6. The lowest BCUT2D eigenvalue weighted by molar-refractivity contribution is -0.149. The normalized spacial score (nSPS) is 27.1. The molecule has 10 heteroatoms. The molecule has 0 spiro atoms. The predicted octanol–water partition coefficient (Wildman–Crippen LogP) is 1.47. The summed E-state index contributed by atoms with van der Waals surface area (Å²) in [4.78, 5) is 26.9. The van der Waals surface area contributed by atoms with Crippen molar-refractivity contribution in [1.82, 2.24) is 10.2 Å². The second kappa shape index (κ2) is 10.4. The molecule has 3 aliphatic heterocycles. The molecule has 3 amide bonds. The number of carbonyl (C=O) groups is 2. The van der Waals surface area contributed by atoms with Gasteiger partial charge in [-0.15, -0.1) is 0 Å². The zero-order chi connectivity index (χ0) is 22.5. The van der Waals surface area contributed by atoms with Crippen LogP contribution in [0.3, 0.4) is 0 Å². The van der Waals surface area contributed by atoms with Crippen LogP contribution in [0.25, 0.3) is 0 Å². The number of fused-ring (bicyclic) bond motifs is 2. The second-order valence-corrected chi connectivity index (χ2v) is 8.34. The molecule has 2 saturated heterocycles. The molecule has 4 rings (SSSR count). The van der Waals surface area contributed by atoms with Crippen LogP contribution in [-0.4, -0.2) is 79.4 Å². The summed E-state index contributed by atoms with van der Waals surface area (Å²) in [5, 5.41) is 16.1. The van der Waals surface area contributed by atoms with Gasteiger partial charge >= 0.3 is 6.03 Å². The molecule has 0 aliphatic carbocycles. The van der Waals surface area contributed by atoms with Crippen LogP contribution in [0.15, 0.2) is 18.2 Å². The van der Waals surface area contributed by atoms with Crippen molar-refractivity contribution in [2.75, 3.05) is 38.4 Å². The van der Waals surface area contributed by atoms with Gasteiger partial charge in [0.2, 0.25) is 12.7 Å². The van der Waals surface area contributed by atoms with Crippen LogP contribution >= 0.6 is 0 Å². The Balaban J connectivity index is 1.42. The minimum absolute atomic E-state index is 0.0325. The lowest BCUT2D eigenvalue weighted by Crippen LogP contribution is -2.58. The fourth-order valence-electron chi connectivity index (χ4n) is 4.29. The number of rotatable bonds is 5. The minimum atomic E-state index is -0.795. The van der Waals surface area contributed by atoms with Gasteiger partial charge in [-0.25, -0.2) is 4.79 Å². The number of benzene rings is 1. The quantitative estimate of drug-likeness (QED) is 0.623. The maximum atomic E-state index is 13.2. The van der Waals surface area contributed by atoms with Gasteiger partial charge in [0.15, 0.2) is 11.5 Å². The van der Waals surface area contributed by atoms with Gasteiger partial charge in [-0.05, 0) is 31.4 Å². The highest BCUT2D eigenvalue weighted by Crippen LogP contribution is 2.34. The zero-order valence-electron chi connectivity index (χ0n) is 18.2. The van der Waals surface area contributed by atoms with Crippen LogP contribution in [0.4, 0.5) is 10.5 Å². The fraction of sp³-hybridized carbons (Fsp3) is 0.636. The highest BCUT2D eigenvalue weighted by molar-refractivity contribution is 5.90. The number of amides is 3. The van der Waals surface area contributed by atoms with E-state index >= 15 is 0 Å². The van der Waals surface area contributed by atoms with Crippen LogP contribution in [0.5, 0.6) is 11.5 Å². The highest BCUT2D eigenvalue weighted by atomic mass is 16.7. The number of urea groups is 1. The molecule has 0 radical (unpaired) electrons. The Morgan fingerprint density at radius 3 is 2.88 bits per heavy atom. The van der Waals surface area contributed by atoms with E-state index in [0.717, 1.165) is 6.42 Å². The molecule has 176 valence electrons. The molecule has 0 bridgehead atoms. The average Bonchev–Trinajstić information content (AvgIpc) is 3.23. The molecule has 3 aliphatic rings. The molecule has 10 nitrogen and oxygen atoms in total. The number of β-amino-alcohol motifs (C(OH)–C–C–N with tert-alkyl or cyclic N) is 1. The molecular weight excluding hydrogens is 418 g/mol. The number of hydrogen-bond donors (Lipinski definition) is 3. The standard InChI is InChI=1S/C22H31N3O7/c1-2-7-23-21(27)9-16-4-5-17-20(32-16)12-29-11-15(26)10-25(17)22(28)24-14-3-6-18-19(8-14)31-13-30-18/h3,6,8,15-17,20,26H,2,4-5,7,9-13H2,1H3,(H,23,27)(H,24,28)/t15-,16+,17-,20+/m1/s1. The predicted molar refractivity (Wildman–Crippen MR) is 115 cm³/mol. The third-order valence-electron chi connectivity index (χ3n) is 5.85. The summed E-state index contributed by atoms with van der Waals surface area (Å²) >= 11 is 0. The van der Waals surface area contributed by atoms with Crippen molar-refractivity contribution in [3.8, 4) is 11.5 Å². The van der Waals surface area contributed by atoms with Gasteiger partial charge in [0.05, 0.1) is 44.4 Å². The van der Waals surface area contributed by atoms with E-state index < -0.39 is 6.10 Å². The van der Waals surface area contributed by atoms with Crippen molar-refractivity contribution < 1.29 is 33.6 Å². The zero-order valence-corrected chi connectivity index (χ0v) is 18.2. The lowest BCUT2D eigenvalue weighted by atomic mass is 9.95.